The van der Waals surface area contributed by atoms with Gasteiger partial charge in [0, 0.05) is 36.6 Å². The Balaban J connectivity index is 1.66. The Morgan fingerprint density at radius 2 is 1.72 bits per heavy atom. The summed E-state index contributed by atoms with van der Waals surface area (Å²) in [5, 5.41) is 6.07. The number of anilines is 3. The smallest absolute Gasteiger partial charge is 0.229 e. The van der Waals surface area contributed by atoms with Crippen LogP contribution in [0.2, 0.25) is 0 Å². The van der Waals surface area contributed by atoms with Gasteiger partial charge >= 0.3 is 0 Å². The van der Waals surface area contributed by atoms with Crippen LogP contribution in [0.25, 0.3) is 11.3 Å². The minimum atomic E-state index is -0.719. The molecular weight excluding hydrogens is 372 g/mol. The molecule has 29 heavy (non-hydrogen) atoms. The second-order valence-corrected chi connectivity index (χ2v) is 6.29. The monoisotopic (exact) mass is 389 g/mol. The van der Waals surface area contributed by atoms with E-state index in [0.717, 1.165) is 17.2 Å². The van der Waals surface area contributed by atoms with Gasteiger partial charge in [0.2, 0.25) is 5.95 Å². The van der Waals surface area contributed by atoms with E-state index in [1.165, 1.54) is 12.1 Å². The van der Waals surface area contributed by atoms with Crippen molar-refractivity contribution in [1.29, 1.82) is 0 Å². The molecule has 7 heteroatoms. The third-order valence-electron chi connectivity index (χ3n) is 4.17. The van der Waals surface area contributed by atoms with E-state index in [4.69, 9.17) is 0 Å². The van der Waals surface area contributed by atoms with E-state index < -0.39 is 11.6 Å². The number of nitrogens with one attached hydrogen (secondary N) is 2. The van der Waals surface area contributed by atoms with Gasteiger partial charge in [0.1, 0.15) is 17.5 Å². The molecule has 2 N–H and O–H groups in total. The predicted molar refractivity (Wildman–Crippen MR) is 109 cm³/mol. The summed E-state index contributed by atoms with van der Waals surface area (Å²) in [6.07, 6.45) is 3.47. The molecular formula is C22H17F2N5. The maximum atomic E-state index is 14.0. The molecule has 0 atom stereocenters. The molecule has 2 heterocycles. The average Bonchev–Trinajstić information content (AvgIpc) is 2.75. The first-order valence-electron chi connectivity index (χ1n) is 8.97. The first-order chi connectivity index (χ1) is 14.2. The van der Waals surface area contributed by atoms with Crippen molar-refractivity contribution in [2.75, 3.05) is 10.6 Å². The number of nitrogens with zero attached hydrogens (tertiary/aromatic N) is 3. The second kappa shape index (κ2) is 8.43. The molecule has 2 aromatic carbocycles. The van der Waals surface area contributed by atoms with Crippen molar-refractivity contribution in [1.82, 2.24) is 15.0 Å². The summed E-state index contributed by atoms with van der Waals surface area (Å²) in [5.41, 5.74) is 2.64. The van der Waals surface area contributed by atoms with Gasteiger partial charge in [-0.15, -0.1) is 0 Å². The lowest BCUT2D eigenvalue weighted by Gasteiger charge is -2.12. The molecule has 2 aromatic heterocycles. The number of rotatable bonds is 6. The standard InChI is InChI=1S/C22H17F2N5/c23-17-8-9-19(18(24)11-17)27-22-28-20(16-6-2-1-3-7-16)12-21(29-22)26-14-15-5-4-10-25-13-15/h1-13H,14H2,(H2,26,27,28,29). The van der Waals surface area contributed by atoms with Gasteiger partial charge in [-0.25, -0.2) is 13.8 Å². The molecule has 0 spiro atoms. The third kappa shape index (κ3) is 4.70. The molecule has 0 aliphatic heterocycles. The largest absolute Gasteiger partial charge is 0.366 e. The zero-order chi connectivity index (χ0) is 20.1. The van der Waals surface area contributed by atoms with Crippen LogP contribution in [-0.2, 0) is 6.54 Å². The first-order valence-corrected chi connectivity index (χ1v) is 8.97. The highest BCUT2D eigenvalue weighted by molar-refractivity contribution is 5.66. The second-order valence-electron chi connectivity index (χ2n) is 6.29. The van der Waals surface area contributed by atoms with Crippen molar-refractivity contribution in [3.8, 4) is 11.3 Å². The minimum absolute atomic E-state index is 0.0924. The van der Waals surface area contributed by atoms with Gasteiger partial charge in [0.25, 0.3) is 0 Å². The topological polar surface area (TPSA) is 62.7 Å². The maximum absolute atomic E-state index is 14.0. The van der Waals surface area contributed by atoms with Crippen LogP contribution in [0.4, 0.5) is 26.2 Å². The van der Waals surface area contributed by atoms with Crippen LogP contribution in [-0.4, -0.2) is 15.0 Å². The summed E-state index contributed by atoms with van der Waals surface area (Å²) >= 11 is 0. The van der Waals surface area contributed by atoms with Crippen LogP contribution >= 0.6 is 0 Å². The zero-order valence-electron chi connectivity index (χ0n) is 15.3. The van der Waals surface area contributed by atoms with Gasteiger partial charge in [-0.2, -0.15) is 4.98 Å². The lowest BCUT2D eigenvalue weighted by atomic mass is 10.1. The van der Waals surface area contributed by atoms with Gasteiger partial charge in [-0.05, 0) is 23.8 Å². The molecule has 144 valence electrons. The molecule has 4 aromatic rings. The zero-order valence-corrected chi connectivity index (χ0v) is 15.3. The Morgan fingerprint density at radius 1 is 0.862 bits per heavy atom. The number of hydrogen-bond donors (Lipinski definition) is 2. The number of hydrogen-bond acceptors (Lipinski definition) is 5. The Hall–Kier alpha value is -3.87. The summed E-state index contributed by atoms with van der Waals surface area (Å²) in [4.78, 5) is 13.0. The van der Waals surface area contributed by atoms with Crippen molar-refractivity contribution < 1.29 is 8.78 Å². The van der Waals surface area contributed by atoms with Crippen molar-refractivity contribution >= 4 is 17.5 Å². The van der Waals surface area contributed by atoms with Crippen LogP contribution < -0.4 is 10.6 Å². The molecule has 5 nitrogen and oxygen atoms in total. The lowest BCUT2D eigenvalue weighted by molar-refractivity contribution is 0.586. The SMILES string of the molecule is Fc1ccc(Nc2nc(NCc3cccnc3)cc(-c3ccccc3)n2)c(F)c1. The Bertz CT molecular complexity index is 1100. The normalized spacial score (nSPS) is 10.6. The lowest BCUT2D eigenvalue weighted by Crippen LogP contribution is -2.06. The van der Waals surface area contributed by atoms with E-state index in [0.29, 0.717) is 18.1 Å². The van der Waals surface area contributed by atoms with Crippen molar-refractivity contribution in [3.05, 3.63) is 96.3 Å². The Morgan fingerprint density at radius 3 is 2.48 bits per heavy atom. The fourth-order valence-corrected chi connectivity index (χ4v) is 2.76. The fraction of sp³-hybridized carbons (Fsp3) is 0.0455. The van der Waals surface area contributed by atoms with Gasteiger partial charge in [-0.3, -0.25) is 4.98 Å². The molecule has 0 radical (unpaired) electrons. The summed E-state index contributed by atoms with van der Waals surface area (Å²) in [6.45, 7) is 0.517. The molecule has 0 aliphatic rings. The van der Waals surface area contributed by atoms with E-state index in [9.17, 15) is 8.78 Å². The van der Waals surface area contributed by atoms with Gasteiger partial charge in [0.15, 0.2) is 0 Å². The van der Waals surface area contributed by atoms with E-state index in [-0.39, 0.29) is 11.6 Å². The Labute approximate surface area is 166 Å². The summed E-state index contributed by atoms with van der Waals surface area (Å²) in [5.74, 6) is -0.604. The van der Waals surface area contributed by atoms with Crippen LogP contribution in [0, 0.1) is 11.6 Å². The molecule has 0 saturated heterocycles. The maximum Gasteiger partial charge on any atom is 0.229 e. The highest BCUT2D eigenvalue weighted by Crippen LogP contribution is 2.24. The number of pyridine rings is 1. The minimum Gasteiger partial charge on any atom is -0.366 e. The summed E-state index contributed by atoms with van der Waals surface area (Å²) < 4.78 is 27.2. The van der Waals surface area contributed by atoms with Gasteiger partial charge in [-0.1, -0.05) is 36.4 Å². The van der Waals surface area contributed by atoms with E-state index in [2.05, 4.69) is 25.6 Å². The number of aromatic nitrogens is 3. The van der Waals surface area contributed by atoms with E-state index in [1.807, 2.05) is 48.5 Å². The summed E-state index contributed by atoms with van der Waals surface area (Å²) in [6, 6.07) is 18.5. The molecule has 0 fully saturated rings. The summed E-state index contributed by atoms with van der Waals surface area (Å²) in [7, 11) is 0. The highest BCUT2D eigenvalue weighted by atomic mass is 19.1. The van der Waals surface area contributed by atoms with Crippen LogP contribution in [0.5, 0.6) is 0 Å². The van der Waals surface area contributed by atoms with Crippen molar-refractivity contribution in [2.24, 2.45) is 0 Å². The van der Waals surface area contributed by atoms with E-state index in [1.54, 1.807) is 12.4 Å². The average molecular weight is 389 g/mol. The first kappa shape index (κ1) is 18.5. The van der Waals surface area contributed by atoms with Crippen molar-refractivity contribution in [2.45, 2.75) is 6.54 Å². The van der Waals surface area contributed by atoms with Crippen LogP contribution in [0.15, 0.2) is 79.1 Å². The van der Waals surface area contributed by atoms with Gasteiger partial charge in [0.05, 0.1) is 11.4 Å². The number of benzene rings is 2. The highest BCUT2D eigenvalue weighted by Gasteiger charge is 2.10. The molecule has 0 aliphatic carbocycles. The van der Waals surface area contributed by atoms with Gasteiger partial charge < -0.3 is 10.6 Å². The van der Waals surface area contributed by atoms with Crippen molar-refractivity contribution in [3.63, 3.8) is 0 Å². The van der Waals surface area contributed by atoms with Crippen LogP contribution in [0.3, 0.4) is 0 Å². The third-order valence-corrected chi connectivity index (χ3v) is 4.17. The molecule has 0 amide bonds. The molecule has 4 rings (SSSR count). The quantitative estimate of drug-likeness (QED) is 0.476. The molecule has 0 saturated carbocycles. The van der Waals surface area contributed by atoms with E-state index >= 15 is 0 Å². The number of halogens is 2. The Kier molecular flexibility index (Phi) is 5.38. The predicted octanol–water partition coefficient (Wildman–Crippen LogP) is 5.17. The molecule has 0 unspecified atom stereocenters. The fourth-order valence-electron chi connectivity index (χ4n) is 2.76. The molecule has 0 bridgehead atoms. The van der Waals surface area contributed by atoms with Crippen LogP contribution in [0.1, 0.15) is 5.56 Å².